The van der Waals surface area contributed by atoms with E-state index in [1.54, 1.807) is 0 Å². The topological polar surface area (TPSA) is 64.4 Å². The standard InChI is InChI=1S/C11H22N2O2/c1-8(2)9(12)10(14)13-11(3)4-6-15-7-5-11/h8-9H,4-7,12H2,1-3H3,(H,13,14)/t9-/m1/s1. The van der Waals surface area contributed by atoms with Crippen molar-refractivity contribution in [3.05, 3.63) is 0 Å². The van der Waals surface area contributed by atoms with E-state index in [1.165, 1.54) is 0 Å². The van der Waals surface area contributed by atoms with Crippen LogP contribution in [0, 0.1) is 5.92 Å². The molecule has 1 fully saturated rings. The molecular weight excluding hydrogens is 192 g/mol. The molecule has 4 heteroatoms. The Morgan fingerprint density at radius 1 is 1.40 bits per heavy atom. The molecule has 0 aromatic carbocycles. The average molecular weight is 214 g/mol. The summed E-state index contributed by atoms with van der Waals surface area (Å²) in [5.41, 5.74) is 5.66. The van der Waals surface area contributed by atoms with Crippen molar-refractivity contribution in [3.63, 3.8) is 0 Å². The quantitative estimate of drug-likeness (QED) is 0.725. The highest BCUT2D eigenvalue weighted by molar-refractivity contribution is 5.82. The van der Waals surface area contributed by atoms with Crippen molar-refractivity contribution in [2.45, 2.75) is 45.2 Å². The highest BCUT2D eigenvalue weighted by atomic mass is 16.5. The van der Waals surface area contributed by atoms with E-state index in [-0.39, 0.29) is 17.4 Å². The molecule has 0 aromatic rings. The van der Waals surface area contributed by atoms with Crippen LogP contribution in [-0.4, -0.2) is 30.7 Å². The summed E-state index contributed by atoms with van der Waals surface area (Å²) in [5, 5.41) is 3.03. The predicted octanol–water partition coefficient (Wildman–Crippen LogP) is 0.655. The first kappa shape index (κ1) is 12.5. The van der Waals surface area contributed by atoms with Gasteiger partial charge in [-0.05, 0) is 25.7 Å². The Kier molecular flexibility index (Phi) is 4.11. The Labute approximate surface area is 91.5 Å². The SMILES string of the molecule is CC(C)[C@@H](N)C(=O)NC1(C)CCOCC1. The van der Waals surface area contributed by atoms with Crippen LogP contribution in [0.4, 0.5) is 0 Å². The second-order valence-electron chi connectivity index (χ2n) is 4.93. The number of hydrogen-bond donors (Lipinski definition) is 2. The Morgan fingerprint density at radius 3 is 2.40 bits per heavy atom. The molecule has 1 atom stereocenters. The summed E-state index contributed by atoms with van der Waals surface area (Å²) in [4.78, 5) is 11.8. The van der Waals surface area contributed by atoms with Crippen molar-refractivity contribution >= 4 is 5.91 Å². The van der Waals surface area contributed by atoms with Crippen molar-refractivity contribution < 1.29 is 9.53 Å². The summed E-state index contributed by atoms with van der Waals surface area (Å²) in [6.45, 7) is 7.40. The summed E-state index contributed by atoms with van der Waals surface area (Å²) >= 11 is 0. The van der Waals surface area contributed by atoms with Crippen LogP contribution in [0.5, 0.6) is 0 Å². The highest BCUT2D eigenvalue weighted by Gasteiger charge is 2.31. The number of carbonyl (C=O) groups is 1. The average Bonchev–Trinajstić information content (AvgIpc) is 2.16. The van der Waals surface area contributed by atoms with Crippen LogP contribution in [0.25, 0.3) is 0 Å². The van der Waals surface area contributed by atoms with Gasteiger partial charge in [-0.25, -0.2) is 0 Å². The number of nitrogens with one attached hydrogen (secondary N) is 1. The van der Waals surface area contributed by atoms with Crippen LogP contribution in [0.1, 0.15) is 33.6 Å². The molecule has 0 aromatic heterocycles. The minimum absolute atomic E-state index is 0.0469. The molecule has 0 unspecified atom stereocenters. The Morgan fingerprint density at radius 2 is 1.93 bits per heavy atom. The second-order valence-corrected chi connectivity index (χ2v) is 4.93. The van der Waals surface area contributed by atoms with Gasteiger partial charge in [0.2, 0.25) is 5.91 Å². The molecule has 0 aliphatic carbocycles. The molecule has 0 spiro atoms. The largest absolute Gasteiger partial charge is 0.381 e. The summed E-state index contributed by atoms with van der Waals surface area (Å²) in [6, 6.07) is -0.412. The smallest absolute Gasteiger partial charge is 0.237 e. The van der Waals surface area contributed by atoms with E-state index in [2.05, 4.69) is 12.2 Å². The maximum Gasteiger partial charge on any atom is 0.237 e. The van der Waals surface area contributed by atoms with Gasteiger partial charge in [0.05, 0.1) is 6.04 Å². The molecule has 1 aliphatic heterocycles. The van der Waals surface area contributed by atoms with Gasteiger partial charge >= 0.3 is 0 Å². The van der Waals surface area contributed by atoms with Crippen molar-refractivity contribution in [1.82, 2.24) is 5.32 Å². The van der Waals surface area contributed by atoms with Crippen LogP contribution in [-0.2, 0) is 9.53 Å². The first-order chi connectivity index (χ1) is 6.94. The molecule has 1 saturated heterocycles. The third kappa shape index (κ3) is 3.47. The molecule has 1 aliphatic rings. The normalized spacial score (nSPS) is 22.5. The molecule has 88 valence electrons. The summed E-state index contributed by atoms with van der Waals surface area (Å²) in [6.07, 6.45) is 1.73. The fourth-order valence-electron chi connectivity index (χ4n) is 1.63. The summed E-state index contributed by atoms with van der Waals surface area (Å²) in [7, 11) is 0. The van der Waals surface area contributed by atoms with Crippen LogP contribution in [0.3, 0.4) is 0 Å². The Bertz CT molecular complexity index is 223. The lowest BCUT2D eigenvalue weighted by Gasteiger charge is -2.35. The number of rotatable bonds is 3. The van der Waals surface area contributed by atoms with E-state index in [0.717, 1.165) is 12.8 Å². The number of nitrogens with two attached hydrogens (primary N) is 1. The van der Waals surface area contributed by atoms with Crippen LogP contribution < -0.4 is 11.1 Å². The minimum atomic E-state index is -0.412. The maximum atomic E-state index is 11.8. The van der Waals surface area contributed by atoms with E-state index in [0.29, 0.717) is 13.2 Å². The van der Waals surface area contributed by atoms with Gasteiger partial charge in [0.25, 0.3) is 0 Å². The Balaban J connectivity index is 2.49. The molecule has 15 heavy (non-hydrogen) atoms. The molecule has 1 amide bonds. The summed E-state index contributed by atoms with van der Waals surface area (Å²) in [5.74, 6) is 0.128. The lowest BCUT2D eigenvalue weighted by molar-refractivity contribution is -0.126. The zero-order chi connectivity index (χ0) is 11.5. The molecule has 3 N–H and O–H groups in total. The lowest BCUT2D eigenvalue weighted by atomic mass is 9.91. The number of amides is 1. The minimum Gasteiger partial charge on any atom is -0.381 e. The molecule has 1 heterocycles. The monoisotopic (exact) mass is 214 g/mol. The van der Waals surface area contributed by atoms with Gasteiger partial charge in [0.1, 0.15) is 0 Å². The third-order valence-corrected chi connectivity index (χ3v) is 3.04. The van der Waals surface area contributed by atoms with Gasteiger partial charge in [0.15, 0.2) is 0 Å². The number of hydrogen-bond acceptors (Lipinski definition) is 3. The predicted molar refractivity (Wildman–Crippen MR) is 59.4 cm³/mol. The van der Waals surface area contributed by atoms with Gasteiger partial charge in [-0.2, -0.15) is 0 Å². The number of ether oxygens (including phenoxy) is 1. The molecule has 0 radical (unpaired) electrons. The molecular formula is C11H22N2O2. The van der Waals surface area contributed by atoms with E-state index in [1.807, 2.05) is 13.8 Å². The van der Waals surface area contributed by atoms with Crippen molar-refractivity contribution in [3.8, 4) is 0 Å². The molecule has 0 bridgehead atoms. The maximum absolute atomic E-state index is 11.8. The summed E-state index contributed by atoms with van der Waals surface area (Å²) < 4.78 is 5.27. The van der Waals surface area contributed by atoms with E-state index < -0.39 is 6.04 Å². The highest BCUT2D eigenvalue weighted by Crippen LogP contribution is 2.19. The third-order valence-electron chi connectivity index (χ3n) is 3.04. The fourth-order valence-corrected chi connectivity index (χ4v) is 1.63. The van der Waals surface area contributed by atoms with Crippen molar-refractivity contribution in [1.29, 1.82) is 0 Å². The Hall–Kier alpha value is -0.610. The first-order valence-corrected chi connectivity index (χ1v) is 5.60. The fraction of sp³-hybridized carbons (Fsp3) is 0.909. The van der Waals surface area contributed by atoms with E-state index in [9.17, 15) is 4.79 Å². The molecule has 1 rings (SSSR count). The zero-order valence-electron chi connectivity index (χ0n) is 9.88. The van der Waals surface area contributed by atoms with Crippen LogP contribution in [0.2, 0.25) is 0 Å². The van der Waals surface area contributed by atoms with Gasteiger partial charge in [-0.3, -0.25) is 4.79 Å². The zero-order valence-corrected chi connectivity index (χ0v) is 9.88. The van der Waals surface area contributed by atoms with Crippen LogP contribution >= 0.6 is 0 Å². The van der Waals surface area contributed by atoms with Crippen molar-refractivity contribution in [2.24, 2.45) is 11.7 Å². The van der Waals surface area contributed by atoms with Gasteiger partial charge in [-0.15, -0.1) is 0 Å². The van der Waals surface area contributed by atoms with Crippen molar-refractivity contribution in [2.75, 3.05) is 13.2 Å². The first-order valence-electron chi connectivity index (χ1n) is 5.60. The van der Waals surface area contributed by atoms with Crippen LogP contribution in [0.15, 0.2) is 0 Å². The van der Waals surface area contributed by atoms with E-state index >= 15 is 0 Å². The van der Waals surface area contributed by atoms with Gasteiger partial charge in [-0.1, -0.05) is 13.8 Å². The van der Waals surface area contributed by atoms with E-state index in [4.69, 9.17) is 10.5 Å². The lowest BCUT2D eigenvalue weighted by Crippen LogP contribution is -2.55. The molecule has 0 saturated carbocycles. The van der Waals surface area contributed by atoms with Gasteiger partial charge < -0.3 is 15.8 Å². The number of carbonyl (C=O) groups excluding carboxylic acids is 1. The second kappa shape index (κ2) is 4.94. The van der Waals surface area contributed by atoms with Gasteiger partial charge in [0, 0.05) is 18.8 Å². The molecule has 4 nitrogen and oxygen atoms in total.